The van der Waals surface area contributed by atoms with Crippen molar-refractivity contribution < 1.29 is 13.2 Å². The van der Waals surface area contributed by atoms with Crippen molar-refractivity contribution in [2.45, 2.75) is 44.1 Å². The fourth-order valence-corrected chi connectivity index (χ4v) is 4.07. The number of benzene rings is 1. The SMILES string of the molecule is CC[C@H](C#N)S(=O)(=O)N(C)[C@H](C)[C@H]1Cc2ccccc2O1. The number of nitrogens with zero attached hydrogens (tertiary/aromatic N) is 2. The van der Waals surface area contributed by atoms with Gasteiger partial charge in [-0.05, 0) is 25.0 Å². The summed E-state index contributed by atoms with van der Waals surface area (Å²) < 4.78 is 31.9. The molecule has 1 aliphatic rings. The first kappa shape index (κ1) is 15.8. The van der Waals surface area contributed by atoms with Gasteiger partial charge in [-0.25, -0.2) is 8.42 Å². The highest BCUT2D eigenvalue weighted by Gasteiger charge is 2.37. The molecule has 3 atom stereocenters. The van der Waals surface area contributed by atoms with Gasteiger partial charge in [-0.3, -0.25) is 0 Å². The molecule has 0 N–H and O–H groups in total. The molecule has 0 spiro atoms. The number of ether oxygens (including phenoxy) is 1. The zero-order chi connectivity index (χ0) is 15.6. The molecule has 0 unspecified atom stereocenters. The number of rotatable bonds is 5. The Hall–Kier alpha value is -1.58. The molecule has 114 valence electrons. The van der Waals surface area contributed by atoms with Crippen LogP contribution in [0.15, 0.2) is 24.3 Å². The Kier molecular flexibility index (Phi) is 4.55. The normalized spacial score (nSPS) is 20.4. The van der Waals surface area contributed by atoms with Gasteiger partial charge >= 0.3 is 0 Å². The Labute approximate surface area is 126 Å². The van der Waals surface area contributed by atoms with Gasteiger partial charge in [0.05, 0.1) is 12.1 Å². The van der Waals surface area contributed by atoms with E-state index in [0.29, 0.717) is 6.42 Å². The number of likely N-dealkylation sites (N-methyl/N-ethyl adjacent to an activating group) is 1. The molecule has 0 saturated carbocycles. The minimum atomic E-state index is -3.63. The van der Waals surface area contributed by atoms with Gasteiger partial charge < -0.3 is 4.74 Å². The molecule has 1 aliphatic heterocycles. The monoisotopic (exact) mass is 308 g/mol. The van der Waals surface area contributed by atoms with E-state index in [2.05, 4.69) is 0 Å². The Morgan fingerprint density at radius 1 is 1.48 bits per heavy atom. The van der Waals surface area contributed by atoms with Gasteiger partial charge in [0.25, 0.3) is 0 Å². The lowest BCUT2D eigenvalue weighted by molar-refractivity contribution is 0.152. The van der Waals surface area contributed by atoms with Crippen LogP contribution >= 0.6 is 0 Å². The van der Waals surface area contributed by atoms with Gasteiger partial charge in [-0.1, -0.05) is 25.1 Å². The van der Waals surface area contributed by atoms with Gasteiger partial charge in [0.15, 0.2) is 5.25 Å². The lowest BCUT2D eigenvalue weighted by Gasteiger charge is -2.29. The zero-order valence-corrected chi connectivity index (χ0v) is 13.3. The van der Waals surface area contributed by atoms with E-state index in [0.717, 1.165) is 11.3 Å². The summed E-state index contributed by atoms with van der Waals surface area (Å²) in [7, 11) is -2.11. The molecular weight excluding hydrogens is 288 g/mol. The number of para-hydroxylation sites is 1. The molecule has 1 aromatic rings. The summed E-state index contributed by atoms with van der Waals surface area (Å²) in [6.45, 7) is 3.52. The second-order valence-electron chi connectivity index (χ2n) is 5.30. The van der Waals surface area contributed by atoms with Crippen molar-refractivity contribution in [1.29, 1.82) is 5.26 Å². The molecule has 21 heavy (non-hydrogen) atoms. The number of fused-ring (bicyclic) bond motifs is 1. The van der Waals surface area contributed by atoms with Crippen LogP contribution in [0, 0.1) is 11.3 Å². The van der Waals surface area contributed by atoms with Gasteiger partial charge in [0.1, 0.15) is 11.9 Å². The highest BCUT2D eigenvalue weighted by Crippen LogP contribution is 2.31. The minimum absolute atomic E-state index is 0.224. The summed E-state index contributed by atoms with van der Waals surface area (Å²) in [6, 6.07) is 9.25. The third kappa shape index (κ3) is 2.89. The average Bonchev–Trinajstić information content (AvgIpc) is 2.90. The third-order valence-electron chi connectivity index (χ3n) is 4.06. The highest BCUT2D eigenvalue weighted by atomic mass is 32.2. The first-order valence-corrected chi connectivity index (χ1v) is 8.53. The van der Waals surface area contributed by atoms with E-state index in [1.807, 2.05) is 37.3 Å². The van der Waals surface area contributed by atoms with Gasteiger partial charge in [0, 0.05) is 13.5 Å². The van der Waals surface area contributed by atoms with Crippen LogP contribution < -0.4 is 4.74 Å². The molecule has 0 saturated heterocycles. The summed E-state index contributed by atoms with van der Waals surface area (Å²) in [5.41, 5.74) is 1.09. The number of hydrogen-bond donors (Lipinski definition) is 0. The molecule has 1 heterocycles. The summed E-state index contributed by atoms with van der Waals surface area (Å²) in [4.78, 5) is 0. The van der Waals surface area contributed by atoms with Crippen LogP contribution in [0.3, 0.4) is 0 Å². The molecule has 0 aromatic heterocycles. The topological polar surface area (TPSA) is 70.4 Å². The van der Waals surface area contributed by atoms with Crippen LogP contribution in [0.5, 0.6) is 5.75 Å². The summed E-state index contributed by atoms with van der Waals surface area (Å²) in [5.74, 6) is 0.812. The van der Waals surface area contributed by atoms with Crippen molar-refractivity contribution in [3.8, 4) is 11.8 Å². The van der Waals surface area contributed by atoms with Crippen molar-refractivity contribution >= 4 is 10.0 Å². The van der Waals surface area contributed by atoms with E-state index in [1.54, 1.807) is 6.92 Å². The fraction of sp³-hybridized carbons (Fsp3) is 0.533. The molecule has 0 aliphatic carbocycles. The Bertz CT molecular complexity index is 626. The molecule has 6 heteroatoms. The Balaban J connectivity index is 2.15. The predicted molar refractivity (Wildman–Crippen MR) is 80.4 cm³/mol. The van der Waals surface area contributed by atoms with Crippen molar-refractivity contribution in [1.82, 2.24) is 4.31 Å². The minimum Gasteiger partial charge on any atom is -0.488 e. The average molecular weight is 308 g/mol. The second kappa shape index (κ2) is 6.04. The zero-order valence-electron chi connectivity index (χ0n) is 12.5. The molecule has 0 radical (unpaired) electrons. The maximum Gasteiger partial charge on any atom is 0.230 e. The molecule has 0 fully saturated rings. The van der Waals surface area contributed by atoms with Crippen molar-refractivity contribution in [2.75, 3.05) is 7.05 Å². The fourth-order valence-electron chi connectivity index (χ4n) is 2.51. The van der Waals surface area contributed by atoms with E-state index in [-0.39, 0.29) is 18.6 Å². The van der Waals surface area contributed by atoms with Crippen LogP contribution in [0.1, 0.15) is 25.8 Å². The molecule has 1 aromatic carbocycles. The van der Waals surface area contributed by atoms with E-state index in [4.69, 9.17) is 10.00 Å². The predicted octanol–water partition coefficient (Wildman–Crippen LogP) is 1.94. The van der Waals surface area contributed by atoms with Crippen LogP contribution in [-0.4, -0.2) is 37.2 Å². The van der Waals surface area contributed by atoms with Gasteiger partial charge in [0.2, 0.25) is 10.0 Å². The number of sulfonamides is 1. The van der Waals surface area contributed by atoms with Crippen molar-refractivity contribution in [3.05, 3.63) is 29.8 Å². The maximum absolute atomic E-state index is 12.4. The highest BCUT2D eigenvalue weighted by molar-refractivity contribution is 7.90. The summed E-state index contributed by atoms with van der Waals surface area (Å²) >= 11 is 0. The number of nitriles is 1. The summed E-state index contributed by atoms with van der Waals surface area (Å²) in [6.07, 6.45) is 0.737. The standard InChI is InChI=1S/C15H20N2O3S/c1-4-13(10-16)21(18,19)17(3)11(2)15-9-12-7-5-6-8-14(12)20-15/h5-8,11,13,15H,4,9H2,1-3H3/t11-,13-,15-/m1/s1. The lowest BCUT2D eigenvalue weighted by atomic mass is 10.1. The van der Waals surface area contributed by atoms with Crippen LogP contribution in [-0.2, 0) is 16.4 Å². The molecule has 2 rings (SSSR count). The second-order valence-corrected chi connectivity index (χ2v) is 7.47. The smallest absolute Gasteiger partial charge is 0.230 e. The van der Waals surface area contributed by atoms with Crippen LogP contribution in [0.25, 0.3) is 0 Å². The van der Waals surface area contributed by atoms with Crippen LogP contribution in [0.4, 0.5) is 0 Å². The van der Waals surface area contributed by atoms with Gasteiger partial charge in [-0.15, -0.1) is 0 Å². The molecule has 0 amide bonds. The summed E-state index contributed by atoms with van der Waals surface area (Å²) in [5, 5.41) is 8.01. The first-order valence-electron chi connectivity index (χ1n) is 7.02. The molecule has 5 nitrogen and oxygen atoms in total. The number of hydrogen-bond acceptors (Lipinski definition) is 4. The van der Waals surface area contributed by atoms with E-state index in [1.165, 1.54) is 11.4 Å². The molecular formula is C15H20N2O3S. The van der Waals surface area contributed by atoms with Gasteiger partial charge in [-0.2, -0.15) is 9.57 Å². The quantitative estimate of drug-likeness (QED) is 0.833. The van der Waals surface area contributed by atoms with Crippen molar-refractivity contribution in [2.24, 2.45) is 0 Å². The van der Waals surface area contributed by atoms with E-state index in [9.17, 15) is 8.42 Å². The third-order valence-corrected chi connectivity index (χ3v) is 6.35. The Morgan fingerprint density at radius 3 is 2.71 bits per heavy atom. The Morgan fingerprint density at radius 2 is 2.14 bits per heavy atom. The lowest BCUT2D eigenvalue weighted by Crippen LogP contribution is -2.47. The van der Waals surface area contributed by atoms with E-state index < -0.39 is 15.3 Å². The van der Waals surface area contributed by atoms with Crippen molar-refractivity contribution in [3.63, 3.8) is 0 Å². The maximum atomic E-state index is 12.4. The van der Waals surface area contributed by atoms with E-state index >= 15 is 0 Å². The van der Waals surface area contributed by atoms with Crippen LogP contribution in [0.2, 0.25) is 0 Å². The molecule has 0 bridgehead atoms. The largest absolute Gasteiger partial charge is 0.488 e. The first-order chi connectivity index (χ1) is 9.91.